The van der Waals surface area contributed by atoms with Crippen molar-refractivity contribution in [3.63, 3.8) is 0 Å². The van der Waals surface area contributed by atoms with E-state index in [0.29, 0.717) is 0 Å². The van der Waals surface area contributed by atoms with Crippen LogP contribution in [0.2, 0.25) is 0 Å². The van der Waals surface area contributed by atoms with Crippen LogP contribution < -0.4 is 0 Å². The van der Waals surface area contributed by atoms with Gasteiger partial charge in [0.25, 0.3) is 0 Å². The molecular weight excluding hydrogens is 288 g/mol. The van der Waals surface area contributed by atoms with Crippen molar-refractivity contribution in [3.05, 3.63) is 12.2 Å². The van der Waals surface area contributed by atoms with Crippen LogP contribution in [0.4, 0.5) is 0 Å². The molecule has 0 saturated heterocycles. The van der Waals surface area contributed by atoms with E-state index in [-0.39, 0.29) is 0 Å². The Bertz CT molecular complexity index is 276. The SMILES string of the molecule is CC=CCCC(C)CCCCC(C)CCCC(C)CCCC(C)C. The zero-order valence-corrected chi connectivity index (χ0v) is 17.9. The lowest BCUT2D eigenvalue weighted by Gasteiger charge is -2.15. The van der Waals surface area contributed by atoms with Crippen molar-refractivity contribution in [2.24, 2.45) is 23.7 Å². The van der Waals surface area contributed by atoms with Crippen LogP contribution in [-0.4, -0.2) is 0 Å². The van der Waals surface area contributed by atoms with E-state index in [0.717, 1.165) is 23.7 Å². The van der Waals surface area contributed by atoms with Crippen LogP contribution >= 0.6 is 0 Å². The molecule has 0 aromatic rings. The van der Waals surface area contributed by atoms with Crippen LogP contribution in [0.3, 0.4) is 0 Å². The summed E-state index contributed by atoms with van der Waals surface area (Å²) in [7, 11) is 0. The maximum Gasteiger partial charge on any atom is -0.0348 e. The fraction of sp³-hybridized carbons (Fsp3) is 0.917. The van der Waals surface area contributed by atoms with E-state index in [2.05, 4.69) is 53.7 Å². The van der Waals surface area contributed by atoms with Crippen LogP contribution in [0.25, 0.3) is 0 Å². The van der Waals surface area contributed by atoms with E-state index in [1.54, 1.807) is 0 Å². The van der Waals surface area contributed by atoms with Crippen molar-refractivity contribution in [1.29, 1.82) is 0 Å². The molecule has 144 valence electrons. The van der Waals surface area contributed by atoms with E-state index in [1.807, 2.05) is 0 Å². The Morgan fingerprint density at radius 2 is 0.958 bits per heavy atom. The van der Waals surface area contributed by atoms with Crippen LogP contribution in [0.15, 0.2) is 12.2 Å². The highest BCUT2D eigenvalue weighted by molar-refractivity contribution is 4.77. The largest absolute Gasteiger partial charge is 0.0917 e. The summed E-state index contributed by atoms with van der Waals surface area (Å²) in [6, 6.07) is 0. The number of hydrogen-bond acceptors (Lipinski definition) is 0. The molecule has 0 amide bonds. The van der Waals surface area contributed by atoms with E-state index < -0.39 is 0 Å². The van der Waals surface area contributed by atoms with Crippen molar-refractivity contribution in [1.82, 2.24) is 0 Å². The van der Waals surface area contributed by atoms with Crippen molar-refractivity contribution >= 4 is 0 Å². The molecule has 0 fully saturated rings. The van der Waals surface area contributed by atoms with Gasteiger partial charge in [0, 0.05) is 0 Å². The van der Waals surface area contributed by atoms with Gasteiger partial charge in [0.2, 0.25) is 0 Å². The maximum atomic E-state index is 2.47. The average Bonchev–Trinajstić information content (AvgIpc) is 2.51. The summed E-state index contributed by atoms with van der Waals surface area (Å²) in [6.07, 6.45) is 21.5. The lowest BCUT2D eigenvalue weighted by Crippen LogP contribution is -2.00. The lowest BCUT2D eigenvalue weighted by atomic mass is 9.91. The van der Waals surface area contributed by atoms with Crippen molar-refractivity contribution in [2.45, 2.75) is 119 Å². The standard InChI is InChI=1S/C24H48/c1-7-8-9-15-22(4)16-10-11-17-23(5)19-13-20-24(6)18-12-14-21(2)3/h7-8,21-24H,9-20H2,1-6H3. The predicted molar refractivity (Wildman–Crippen MR) is 113 cm³/mol. The van der Waals surface area contributed by atoms with Gasteiger partial charge >= 0.3 is 0 Å². The molecule has 0 radical (unpaired) electrons. The van der Waals surface area contributed by atoms with E-state index in [1.165, 1.54) is 77.0 Å². The Labute approximate surface area is 154 Å². The van der Waals surface area contributed by atoms with Crippen molar-refractivity contribution in [3.8, 4) is 0 Å². The molecule has 0 saturated carbocycles. The summed E-state index contributed by atoms with van der Waals surface area (Å²) in [4.78, 5) is 0. The first-order chi connectivity index (χ1) is 11.5. The highest BCUT2D eigenvalue weighted by atomic mass is 14.1. The minimum absolute atomic E-state index is 0.878. The fourth-order valence-electron chi connectivity index (χ4n) is 3.66. The second kappa shape index (κ2) is 16.2. The van der Waals surface area contributed by atoms with Crippen LogP contribution in [0.5, 0.6) is 0 Å². The Kier molecular flexibility index (Phi) is 16.0. The Morgan fingerprint density at radius 1 is 0.542 bits per heavy atom. The van der Waals surface area contributed by atoms with Gasteiger partial charge in [0.1, 0.15) is 0 Å². The Morgan fingerprint density at radius 3 is 1.42 bits per heavy atom. The number of hydrogen-bond donors (Lipinski definition) is 0. The third-order valence-corrected chi connectivity index (χ3v) is 5.58. The van der Waals surface area contributed by atoms with Gasteiger partial charge in [-0.1, -0.05) is 111 Å². The molecule has 0 aliphatic carbocycles. The first kappa shape index (κ1) is 23.7. The summed E-state index contributed by atoms with van der Waals surface area (Å²) in [5, 5.41) is 0. The van der Waals surface area contributed by atoms with Crippen molar-refractivity contribution in [2.75, 3.05) is 0 Å². The first-order valence-corrected chi connectivity index (χ1v) is 11.1. The zero-order chi connectivity index (χ0) is 18.2. The molecule has 24 heavy (non-hydrogen) atoms. The molecule has 0 nitrogen and oxygen atoms in total. The van der Waals surface area contributed by atoms with Gasteiger partial charge in [-0.2, -0.15) is 0 Å². The third-order valence-electron chi connectivity index (χ3n) is 5.58. The second-order valence-electron chi connectivity index (χ2n) is 9.00. The minimum Gasteiger partial charge on any atom is -0.0917 e. The molecule has 0 aliphatic heterocycles. The third kappa shape index (κ3) is 16.6. The molecule has 0 aliphatic rings. The van der Waals surface area contributed by atoms with Crippen LogP contribution in [0.1, 0.15) is 119 Å². The quantitative estimate of drug-likeness (QED) is 0.195. The first-order valence-electron chi connectivity index (χ1n) is 11.1. The second-order valence-corrected chi connectivity index (χ2v) is 9.00. The van der Waals surface area contributed by atoms with Gasteiger partial charge in [-0.05, 0) is 43.4 Å². The Hall–Kier alpha value is -0.260. The van der Waals surface area contributed by atoms with Gasteiger partial charge < -0.3 is 0 Å². The molecule has 0 heterocycles. The molecular formula is C24H48. The summed E-state index contributed by atoms with van der Waals surface area (Å²) in [5.41, 5.74) is 0. The molecule has 3 atom stereocenters. The molecule has 0 N–H and O–H groups in total. The maximum absolute atomic E-state index is 2.47. The Balaban J connectivity index is 3.47. The number of allylic oxidation sites excluding steroid dienone is 2. The molecule has 0 bridgehead atoms. The average molecular weight is 337 g/mol. The molecule has 0 heteroatoms. The molecule has 0 spiro atoms. The van der Waals surface area contributed by atoms with Gasteiger partial charge in [0.05, 0.1) is 0 Å². The lowest BCUT2D eigenvalue weighted by molar-refractivity contribution is 0.379. The molecule has 0 rings (SSSR count). The smallest absolute Gasteiger partial charge is 0.0348 e. The minimum atomic E-state index is 0.878. The zero-order valence-electron chi connectivity index (χ0n) is 17.9. The monoisotopic (exact) mass is 336 g/mol. The highest BCUT2D eigenvalue weighted by Crippen LogP contribution is 2.22. The number of unbranched alkanes of at least 4 members (excludes halogenated alkanes) is 1. The van der Waals surface area contributed by atoms with E-state index in [4.69, 9.17) is 0 Å². The van der Waals surface area contributed by atoms with Crippen LogP contribution in [0, 0.1) is 23.7 Å². The van der Waals surface area contributed by atoms with Gasteiger partial charge in [0.15, 0.2) is 0 Å². The van der Waals surface area contributed by atoms with Crippen molar-refractivity contribution < 1.29 is 0 Å². The molecule has 0 aromatic heterocycles. The molecule has 0 aromatic carbocycles. The van der Waals surface area contributed by atoms with Gasteiger partial charge in [-0.25, -0.2) is 0 Å². The predicted octanol–water partition coefficient (Wildman–Crippen LogP) is 8.81. The normalized spacial score (nSPS) is 16.0. The summed E-state index contributed by atoms with van der Waals surface area (Å²) in [5.74, 6) is 3.66. The number of rotatable bonds is 16. The summed E-state index contributed by atoms with van der Waals surface area (Å²) in [6.45, 7) is 14.2. The topological polar surface area (TPSA) is 0 Å². The van der Waals surface area contributed by atoms with E-state index in [9.17, 15) is 0 Å². The van der Waals surface area contributed by atoms with Crippen LogP contribution in [-0.2, 0) is 0 Å². The molecule has 3 unspecified atom stereocenters. The fourth-order valence-corrected chi connectivity index (χ4v) is 3.66. The van der Waals surface area contributed by atoms with E-state index >= 15 is 0 Å². The summed E-state index contributed by atoms with van der Waals surface area (Å²) < 4.78 is 0. The van der Waals surface area contributed by atoms with Gasteiger partial charge in [-0.3, -0.25) is 0 Å². The highest BCUT2D eigenvalue weighted by Gasteiger charge is 2.07. The summed E-state index contributed by atoms with van der Waals surface area (Å²) >= 11 is 0. The van der Waals surface area contributed by atoms with Gasteiger partial charge in [-0.15, -0.1) is 0 Å².